The normalized spacial score (nSPS) is 19.3. The summed E-state index contributed by atoms with van der Waals surface area (Å²) in [4.78, 5) is 14.0. The number of carbonyl (C=O) groups is 1. The lowest BCUT2D eigenvalue weighted by Crippen LogP contribution is -2.26. The Morgan fingerprint density at radius 3 is 2.83 bits per heavy atom. The average Bonchev–Trinajstić information content (AvgIpc) is 2.99. The van der Waals surface area contributed by atoms with Gasteiger partial charge in [0, 0.05) is 24.3 Å². The van der Waals surface area contributed by atoms with Crippen molar-refractivity contribution in [1.29, 1.82) is 0 Å². The maximum absolute atomic E-state index is 11.5. The Balaban J connectivity index is 1.80. The number of carbonyl (C=O) groups excluding carboxylic acids is 1. The smallest absolute Gasteiger partial charge is 0.159 e. The minimum absolute atomic E-state index is 0.172. The summed E-state index contributed by atoms with van der Waals surface area (Å²) in [6.45, 7) is 3.97. The van der Waals surface area contributed by atoms with E-state index in [-0.39, 0.29) is 5.78 Å². The molecule has 0 unspecified atom stereocenters. The molecule has 18 heavy (non-hydrogen) atoms. The summed E-state index contributed by atoms with van der Waals surface area (Å²) in [7, 11) is 0. The number of nitrogens with zero attached hydrogens (tertiary/aromatic N) is 1. The van der Waals surface area contributed by atoms with Crippen LogP contribution >= 0.6 is 0 Å². The van der Waals surface area contributed by atoms with E-state index in [2.05, 4.69) is 17.0 Å². The maximum atomic E-state index is 11.5. The Labute approximate surface area is 109 Å². The Kier molecular flexibility index (Phi) is 3.11. The van der Waals surface area contributed by atoms with Crippen LogP contribution in [-0.2, 0) is 6.42 Å². The van der Waals surface area contributed by atoms with E-state index in [1.54, 1.807) is 6.92 Å². The van der Waals surface area contributed by atoms with Crippen LogP contribution in [0.15, 0.2) is 18.2 Å². The van der Waals surface area contributed by atoms with Crippen molar-refractivity contribution in [2.75, 3.05) is 18.0 Å². The van der Waals surface area contributed by atoms with Crippen molar-refractivity contribution in [2.45, 2.75) is 39.0 Å². The molecule has 0 atom stereocenters. The van der Waals surface area contributed by atoms with Crippen molar-refractivity contribution < 1.29 is 4.79 Å². The van der Waals surface area contributed by atoms with E-state index in [1.165, 1.54) is 43.5 Å². The number of rotatable bonds is 3. The molecule has 0 radical (unpaired) electrons. The topological polar surface area (TPSA) is 20.3 Å². The quantitative estimate of drug-likeness (QED) is 0.758. The van der Waals surface area contributed by atoms with Gasteiger partial charge in [-0.15, -0.1) is 0 Å². The number of ketones is 1. The van der Waals surface area contributed by atoms with Gasteiger partial charge in [0.2, 0.25) is 0 Å². The maximum Gasteiger partial charge on any atom is 0.159 e. The zero-order valence-electron chi connectivity index (χ0n) is 11.1. The van der Waals surface area contributed by atoms with Crippen LogP contribution in [0.2, 0.25) is 0 Å². The first-order valence-corrected chi connectivity index (χ1v) is 7.13. The van der Waals surface area contributed by atoms with E-state index in [1.807, 2.05) is 6.07 Å². The fourth-order valence-electron chi connectivity index (χ4n) is 3.36. The highest BCUT2D eigenvalue weighted by Crippen LogP contribution is 2.33. The predicted octanol–water partition coefficient (Wildman–Crippen LogP) is 3.44. The number of fused-ring (bicyclic) bond motifs is 1. The number of benzene rings is 1. The van der Waals surface area contributed by atoms with Gasteiger partial charge in [0.1, 0.15) is 0 Å². The van der Waals surface area contributed by atoms with E-state index >= 15 is 0 Å². The van der Waals surface area contributed by atoms with E-state index in [0.717, 1.165) is 24.4 Å². The van der Waals surface area contributed by atoms with Gasteiger partial charge in [-0.25, -0.2) is 0 Å². The highest BCUT2D eigenvalue weighted by atomic mass is 16.1. The molecule has 1 saturated carbocycles. The molecule has 1 heterocycles. The van der Waals surface area contributed by atoms with Crippen molar-refractivity contribution in [3.8, 4) is 0 Å². The molecule has 1 aromatic carbocycles. The second kappa shape index (κ2) is 4.75. The molecule has 1 aliphatic carbocycles. The molecular weight excluding hydrogens is 222 g/mol. The summed E-state index contributed by atoms with van der Waals surface area (Å²) in [6.07, 6.45) is 6.72. The van der Waals surface area contributed by atoms with E-state index in [0.29, 0.717) is 0 Å². The SMILES string of the molecule is CC(=O)c1ccc2c(c1)N(CC1CCCC1)CC2. The Bertz CT molecular complexity index is 460. The number of hydrogen-bond acceptors (Lipinski definition) is 2. The molecule has 0 bridgehead atoms. The summed E-state index contributed by atoms with van der Waals surface area (Å²) in [5, 5.41) is 0. The molecule has 2 nitrogen and oxygen atoms in total. The lowest BCUT2D eigenvalue weighted by molar-refractivity contribution is 0.101. The molecular formula is C16H21NO. The molecule has 0 aromatic heterocycles. The highest BCUT2D eigenvalue weighted by molar-refractivity contribution is 5.95. The van der Waals surface area contributed by atoms with Gasteiger partial charge in [0.25, 0.3) is 0 Å². The van der Waals surface area contributed by atoms with Crippen LogP contribution in [0.5, 0.6) is 0 Å². The van der Waals surface area contributed by atoms with Gasteiger partial charge in [-0.2, -0.15) is 0 Å². The van der Waals surface area contributed by atoms with Gasteiger partial charge >= 0.3 is 0 Å². The van der Waals surface area contributed by atoms with Crippen LogP contribution in [0.4, 0.5) is 5.69 Å². The van der Waals surface area contributed by atoms with Crippen molar-refractivity contribution in [2.24, 2.45) is 5.92 Å². The van der Waals surface area contributed by atoms with Crippen molar-refractivity contribution in [3.05, 3.63) is 29.3 Å². The van der Waals surface area contributed by atoms with Gasteiger partial charge in [0.15, 0.2) is 5.78 Å². The minimum atomic E-state index is 0.172. The third kappa shape index (κ3) is 2.16. The van der Waals surface area contributed by atoms with Gasteiger partial charge in [-0.1, -0.05) is 25.0 Å². The lowest BCUT2D eigenvalue weighted by Gasteiger charge is -2.23. The summed E-state index contributed by atoms with van der Waals surface area (Å²) < 4.78 is 0. The zero-order valence-corrected chi connectivity index (χ0v) is 11.1. The van der Waals surface area contributed by atoms with Gasteiger partial charge in [-0.05, 0) is 43.7 Å². The first-order chi connectivity index (χ1) is 8.74. The fraction of sp³-hybridized carbons (Fsp3) is 0.562. The van der Waals surface area contributed by atoms with Crippen molar-refractivity contribution in [1.82, 2.24) is 0 Å². The monoisotopic (exact) mass is 243 g/mol. The first-order valence-electron chi connectivity index (χ1n) is 7.13. The molecule has 1 aliphatic heterocycles. The van der Waals surface area contributed by atoms with Gasteiger partial charge < -0.3 is 4.90 Å². The molecule has 1 aromatic rings. The van der Waals surface area contributed by atoms with Gasteiger partial charge in [0.05, 0.1) is 0 Å². The average molecular weight is 243 g/mol. The van der Waals surface area contributed by atoms with Crippen LogP contribution in [0, 0.1) is 5.92 Å². The third-order valence-electron chi connectivity index (χ3n) is 4.44. The highest BCUT2D eigenvalue weighted by Gasteiger charge is 2.24. The van der Waals surface area contributed by atoms with Crippen molar-refractivity contribution >= 4 is 11.5 Å². The molecule has 3 rings (SSSR count). The standard InChI is InChI=1S/C16H21NO/c1-12(18)15-7-6-14-8-9-17(16(14)10-15)11-13-4-2-3-5-13/h6-7,10,13H,2-5,8-9,11H2,1H3. The second-order valence-electron chi connectivity index (χ2n) is 5.75. The summed E-state index contributed by atoms with van der Waals surface area (Å²) in [6, 6.07) is 6.21. The number of hydrogen-bond donors (Lipinski definition) is 0. The first kappa shape index (κ1) is 11.8. The molecule has 96 valence electrons. The zero-order chi connectivity index (χ0) is 12.5. The van der Waals surface area contributed by atoms with Crippen LogP contribution in [0.3, 0.4) is 0 Å². The molecule has 0 saturated heterocycles. The number of anilines is 1. The van der Waals surface area contributed by atoms with Crippen molar-refractivity contribution in [3.63, 3.8) is 0 Å². The Hall–Kier alpha value is -1.31. The second-order valence-corrected chi connectivity index (χ2v) is 5.75. The molecule has 2 heteroatoms. The Morgan fingerprint density at radius 2 is 2.11 bits per heavy atom. The fourth-order valence-corrected chi connectivity index (χ4v) is 3.36. The van der Waals surface area contributed by atoms with E-state index in [4.69, 9.17) is 0 Å². The van der Waals surface area contributed by atoms with Crippen LogP contribution < -0.4 is 4.90 Å². The molecule has 0 N–H and O–H groups in total. The van der Waals surface area contributed by atoms with Crippen LogP contribution in [0.1, 0.15) is 48.5 Å². The molecule has 0 amide bonds. The van der Waals surface area contributed by atoms with Crippen LogP contribution in [-0.4, -0.2) is 18.9 Å². The summed E-state index contributed by atoms with van der Waals surface area (Å²) in [5.74, 6) is 1.04. The Morgan fingerprint density at radius 1 is 1.33 bits per heavy atom. The third-order valence-corrected chi connectivity index (χ3v) is 4.44. The summed E-state index contributed by atoms with van der Waals surface area (Å²) >= 11 is 0. The molecule has 1 fully saturated rings. The lowest BCUT2D eigenvalue weighted by atomic mass is 10.1. The predicted molar refractivity (Wildman–Crippen MR) is 74.3 cm³/mol. The summed E-state index contributed by atoms with van der Waals surface area (Å²) in [5.41, 5.74) is 3.58. The number of Topliss-reactive ketones (excluding diaryl/α,β-unsaturated/α-hetero) is 1. The minimum Gasteiger partial charge on any atom is -0.371 e. The van der Waals surface area contributed by atoms with E-state index < -0.39 is 0 Å². The molecule has 2 aliphatic rings. The largest absolute Gasteiger partial charge is 0.371 e. The van der Waals surface area contributed by atoms with Crippen LogP contribution in [0.25, 0.3) is 0 Å². The van der Waals surface area contributed by atoms with Gasteiger partial charge in [-0.3, -0.25) is 4.79 Å². The molecule has 0 spiro atoms. The van der Waals surface area contributed by atoms with E-state index in [9.17, 15) is 4.79 Å².